The van der Waals surface area contributed by atoms with Gasteiger partial charge >= 0.3 is 5.97 Å². The molecule has 0 aromatic heterocycles. The summed E-state index contributed by atoms with van der Waals surface area (Å²) >= 11 is 11.9. The van der Waals surface area contributed by atoms with Crippen LogP contribution in [-0.2, 0) is 4.79 Å². The summed E-state index contributed by atoms with van der Waals surface area (Å²) in [5.41, 5.74) is 1.59. The van der Waals surface area contributed by atoms with Crippen LogP contribution in [0.15, 0.2) is 36.4 Å². The van der Waals surface area contributed by atoms with Crippen LogP contribution in [0.5, 0.6) is 0 Å². The largest absolute Gasteiger partial charge is 0.478 e. The van der Waals surface area contributed by atoms with Gasteiger partial charge in [0.1, 0.15) is 6.04 Å². The molecule has 6 nitrogen and oxygen atoms in total. The first-order valence-electron chi connectivity index (χ1n) is 8.68. The predicted molar refractivity (Wildman–Crippen MR) is 107 cm³/mol. The van der Waals surface area contributed by atoms with Crippen LogP contribution in [0.25, 0.3) is 0 Å². The molecular formula is C20H18Cl2N2O4. The van der Waals surface area contributed by atoms with Crippen LogP contribution in [0.1, 0.15) is 39.1 Å². The van der Waals surface area contributed by atoms with Crippen molar-refractivity contribution in [3.63, 3.8) is 0 Å². The molecular weight excluding hydrogens is 403 g/mol. The number of hydrogen-bond acceptors (Lipinski definition) is 3. The van der Waals surface area contributed by atoms with Crippen molar-refractivity contribution < 1.29 is 19.5 Å². The third-order valence-corrected chi connectivity index (χ3v) is 5.46. The molecule has 28 heavy (non-hydrogen) atoms. The third kappa shape index (κ3) is 4.13. The third-order valence-electron chi connectivity index (χ3n) is 4.73. The maximum atomic E-state index is 12.9. The van der Waals surface area contributed by atoms with Gasteiger partial charge < -0.3 is 15.3 Å². The van der Waals surface area contributed by atoms with Crippen molar-refractivity contribution in [2.45, 2.75) is 25.8 Å². The highest BCUT2D eigenvalue weighted by Crippen LogP contribution is 2.27. The highest BCUT2D eigenvalue weighted by molar-refractivity contribution is 6.42. The average molecular weight is 421 g/mol. The number of nitrogens with one attached hydrogen (secondary N) is 1. The number of rotatable bonds is 4. The summed E-state index contributed by atoms with van der Waals surface area (Å²) in [6.07, 6.45) is 1.22. The van der Waals surface area contributed by atoms with Gasteiger partial charge in [-0.05, 0) is 55.7 Å². The van der Waals surface area contributed by atoms with Crippen molar-refractivity contribution in [1.29, 1.82) is 0 Å². The number of nitrogens with zero attached hydrogens (tertiary/aromatic N) is 1. The minimum atomic E-state index is -1.08. The lowest BCUT2D eigenvalue weighted by molar-refractivity contribution is -0.119. The summed E-state index contributed by atoms with van der Waals surface area (Å²) < 4.78 is 0. The van der Waals surface area contributed by atoms with E-state index in [0.717, 1.165) is 5.56 Å². The van der Waals surface area contributed by atoms with Gasteiger partial charge in [0.25, 0.3) is 5.91 Å². The molecule has 1 heterocycles. The fourth-order valence-electron chi connectivity index (χ4n) is 3.18. The van der Waals surface area contributed by atoms with Gasteiger partial charge in [-0.15, -0.1) is 0 Å². The summed E-state index contributed by atoms with van der Waals surface area (Å²) in [7, 11) is 0. The first kappa shape index (κ1) is 20.2. The Balaban J connectivity index is 1.79. The van der Waals surface area contributed by atoms with E-state index in [0.29, 0.717) is 35.7 Å². The quantitative estimate of drug-likeness (QED) is 0.773. The summed E-state index contributed by atoms with van der Waals surface area (Å²) in [6.45, 7) is 2.22. The second-order valence-corrected chi connectivity index (χ2v) is 7.42. The number of aromatic carboxylic acids is 1. The van der Waals surface area contributed by atoms with E-state index in [1.807, 2.05) is 0 Å². The Kier molecular flexibility index (Phi) is 5.91. The van der Waals surface area contributed by atoms with Crippen molar-refractivity contribution in [2.75, 3.05) is 11.9 Å². The Hall–Kier alpha value is -2.57. The van der Waals surface area contributed by atoms with Crippen LogP contribution >= 0.6 is 23.2 Å². The van der Waals surface area contributed by atoms with Gasteiger partial charge in [0.2, 0.25) is 5.91 Å². The molecule has 1 atom stereocenters. The molecule has 1 aliphatic rings. The molecule has 0 bridgehead atoms. The topological polar surface area (TPSA) is 86.7 Å². The van der Waals surface area contributed by atoms with Crippen LogP contribution in [-0.4, -0.2) is 40.4 Å². The lowest BCUT2D eigenvalue weighted by atomic mass is 10.1. The Morgan fingerprint density at radius 2 is 1.79 bits per heavy atom. The number of carboxylic acid groups (broad SMARTS) is 1. The number of carbonyl (C=O) groups excluding carboxylic acids is 2. The first-order chi connectivity index (χ1) is 13.3. The maximum Gasteiger partial charge on any atom is 0.335 e. The van der Waals surface area contributed by atoms with Gasteiger partial charge in [0.15, 0.2) is 0 Å². The van der Waals surface area contributed by atoms with Crippen LogP contribution in [0.2, 0.25) is 10.0 Å². The monoisotopic (exact) mass is 420 g/mol. The molecule has 0 radical (unpaired) electrons. The highest BCUT2D eigenvalue weighted by Gasteiger charge is 2.35. The molecule has 0 spiro atoms. The Morgan fingerprint density at radius 3 is 2.46 bits per heavy atom. The fraction of sp³-hybridized carbons (Fsp3) is 0.250. The lowest BCUT2D eigenvalue weighted by Crippen LogP contribution is -2.43. The molecule has 1 saturated heterocycles. The van der Waals surface area contributed by atoms with Crippen LogP contribution in [0, 0.1) is 6.92 Å². The number of anilines is 1. The first-order valence-corrected chi connectivity index (χ1v) is 9.44. The number of amides is 2. The van der Waals surface area contributed by atoms with E-state index in [1.54, 1.807) is 25.1 Å². The molecule has 2 aromatic carbocycles. The van der Waals surface area contributed by atoms with Gasteiger partial charge in [-0.25, -0.2) is 4.79 Å². The van der Waals surface area contributed by atoms with E-state index in [4.69, 9.17) is 28.3 Å². The van der Waals surface area contributed by atoms with Crippen LogP contribution in [0.4, 0.5) is 5.69 Å². The standard InChI is InChI=1S/C20H18Cl2N2O4/c1-11-4-5-13(20(27)28)10-16(11)23-18(25)17-3-2-8-24(17)19(26)12-6-7-14(21)15(22)9-12/h4-7,9-10,17H,2-3,8H2,1H3,(H,23,25)(H,27,28). The van der Waals surface area contributed by atoms with E-state index in [2.05, 4.69) is 5.32 Å². The second kappa shape index (κ2) is 8.20. The normalized spacial score (nSPS) is 16.1. The minimum Gasteiger partial charge on any atom is -0.478 e. The van der Waals surface area contributed by atoms with Crippen molar-refractivity contribution >= 4 is 46.7 Å². The molecule has 3 rings (SSSR count). The lowest BCUT2D eigenvalue weighted by Gasteiger charge is -2.24. The Bertz CT molecular complexity index is 961. The predicted octanol–water partition coefficient (Wildman–Crippen LogP) is 4.24. The number of carbonyl (C=O) groups is 3. The van der Waals surface area contributed by atoms with Gasteiger partial charge in [0, 0.05) is 17.8 Å². The molecule has 8 heteroatoms. The summed E-state index contributed by atoms with van der Waals surface area (Å²) in [5, 5.41) is 12.5. The number of benzene rings is 2. The summed E-state index contributed by atoms with van der Waals surface area (Å²) in [4.78, 5) is 38.3. The molecule has 2 aromatic rings. The molecule has 2 amide bonds. The Morgan fingerprint density at radius 1 is 1.07 bits per heavy atom. The van der Waals surface area contributed by atoms with Crippen molar-refractivity contribution in [1.82, 2.24) is 4.90 Å². The number of hydrogen-bond donors (Lipinski definition) is 2. The van der Waals surface area contributed by atoms with E-state index >= 15 is 0 Å². The SMILES string of the molecule is Cc1ccc(C(=O)O)cc1NC(=O)C1CCCN1C(=O)c1ccc(Cl)c(Cl)c1. The maximum absolute atomic E-state index is 12.9. The minimum absolute atomic E-state index is 0.0797. The zero-order chi connectivity index (χ0) is 20.4. The van der Waals surface area contributed by atoms with E-state index in [-0.39, 0.29) is 22.4 Å². The zero-order valence-corrected chi connectivity index (χ0v) is 16.5. The highest BCUT2D eigenvalue weighted by atomic mass is 35.5. The number of halogens is 2. The van der Waals surface area contributed by atoms with Gasteiger partial charge in [-0.2, -0.15) is 0 Å². The zero-order valence-electron chi connectivity index (χ0n) is 15.0. The average Bonchev–Trinajstić information content (AvgIpc) is 3.15. The molecule has 1 aliphatic heterocycles. The van der Waals surface area contributed by atoms with Crippen LogP contribution in [0.3, 0.4) is 0 Å². The molecule has 0 saturated carbocycles. The van der Waals surface area contributed by atoms with Gasteiger partial charge in [-0.1, -0.05) is 29.3 Å². The van der Waals surface area contributed by atoms with Crippen molar-refractivity contribution in [2.24, 2.45) is 0 Å². The molecule has 2 N–H and O–H groups in total. The van der Waals surface area contributed by atoms with Gasteiger partial charge in [0.05, 0.1) is 15.6 Å². The smallest absolute Gasteiger partial charge is 0.335 e. The van der Waals surface area contributed by atoms with Crippen molar-refractivity contribution in [3.8, 4) is 0 Å². The number of aryl methyl sites for hydroxylation is 1. The molecule has 1 fully saturated rings. The van der Waals surface area contributed by atoms with Crippen molar-refractivity contribution in [3.05, 3.63) is 63.1 Å². The number of carboxylic acids is 1. The Labute approximate surface area is 172 Å². The number of likely N-dealkylation sites (tertiary alicyclic amines) is 1. The second-order valence-electron chi connectivity index (χ2n) is 6.61. The van der Waals surface area contributed by atoms with E-state index in [9.17, 15) is 14.4 Å². The molecule has 0 aliphatic carbocycles. The molecule has 146 valence electrons. The summed E-state index contributed by atoms with van der Waals surface area (Å²) in [5.74, 6) is -1.73. The summed E-state index contributed by atoms with van der Waals surface area (Å²) in [6, 6.07) is 8.48. The van der Waals surface area contributed by atoms with E-state index < -0.39 is 12.0 Å². The fourth-order valence-corrected chi connectivity index (χ4v) is 3.48. The van der Waals surface area contributed by atoms with E-state index in [1.165, 1.54) is 23.1 Å². The van der Waals surface area contributed by atoms with Crippen LogP contribution < -0.4 is 5.32 Å². The molecule has 1 unspecified atom stereocenters. The van der Waals surface area contributed by atoms with Gasteiger partial charge in [-0.3, -0.25) is 9.59 Å².